The van der Waals surface area contributed by atoms with Gasteiger partial charge >= 0.3 is 12.4 Å². The molecule has 0 aromatic heterocycles. The van der Waals surface area contributed by atoms with Gasteiger partial charge in [-0.3, -0.25) is 0 Å². The first-order valence-corrected chi connectivity index (χ1v) is 5.71. The lowest BCUT2D eigenvalue weighted by Crippen LogP contribution is -2.54. The number of hydrogen-bond donors (Lipinski definition) is 0. The summed E-state index contributed by atoms with van der Waals surface area (Å²) in [5.41, 5.74) is -3.54. The molecule has 0 aliphatic heterocycles. The second-order valence-electron chi connectivity index (χ2n) is 5.48. The maximum Gasteiger partial charge on any atom is 0.403 e. The molecule has 0 aromatic carbocycles. The zero-order valence-electron chi connectivity index (χ0n) is 9.33. The highest BCUT2D eigenvalue weighted by Gasteiger charge is 2.73. The van der Waals surface area contributed by atoms with Gasteiger partial charge in [-0.2, -0.15) is 26.3 Å². The molecule has 0 N–H and O–H groups in total. The maximum atomic E-state index is 12.9. The molecule has 2 saturated carbocycles. The van der Waals surface area contributed by atoms with E-state index >= 15 is 0 Å². The largest absolute Gasteiger partial charge is 0.403 e. The number of halogens is 6. The highest BCUT2D eigenvalue weighted by molar-refractivity contribution is 5.03. The molecule has 100 valence electrons. The first kappa shape index (κ1) is 13.0. The van der Waals surface area contributed by atoms with Crippen LogP contribution in [0.15, 0.2) is 0 Å². The Balaban J connectivity index is 2.35. The fraction of sp³-hybridized carbons (Fsp3) is 1.00. The zero-order valence-corrected chi connectivity index (χ0v) is 9.33. The normalized spacial score (nSPS) is 34.4. The van der Waals surface area contributed by atoms with Gasteiger partial charge in [0.05, 0.1) is 0 Å². The summed E-state index contributed by atoms with van der Waals surface area (Å²) in [6.45, 7) is 0.332. The van der Waals surface area contributed by atoms with E-state index in [9.17, 15) is 26.3 Å². The van der Waals surface area contributed by atoms with E-state index in [-0.39, 0.29) is 12.3 Å². The fourth-order valence-electron chi connectivity index (χ4n) is 3.53. The van der Waals surface area contributed by atoms with Crippen molar-refractivity contribution in [3.63, 3.8) is 0 Å². The predicted octanol–water partition coefficient (Wildman–Crippen LogP) is 4.55. The van der Waals surface area contributed by atoms with Crippen LogP contribution in [0.5, 0.6) is 0 Å². The monoisotopic (exact) mass is 260 g/mol. The van der Waals surface area contributed by atoms with E-state index < -0.39 is 29.6 Å². The third-order valence-electron chi connectivity index (χ3n) is 4.66. The van der Waals surface area contributed by atoms with E-state index in [1.54, 1.807) is 0 Å². The lowest BCUT2D eigenvalue weighted by Gasteiger charge is -2.42. The summed E-state index contributed by atoms with van der Waals surface area (Å²) in [5, 5.41) is 0. The molecular weight excluding hydrogens is 246 g/mol. The van der Waals surface area contributed by atoms with Gasteiger partial charge in [-0.05, 0) is 43.9 Å². The number of rotatable bonds is 1. The Kier molecular flexibility index (Phi) is 2.71. The van der Waals surface area contributed by atoms with Crippen molar-refractivity contribution in [2.24, 2.45) is 23.2 Å². The average molecular weight is 260 g/mol. The zero-order chi connectivity index (χ0) is 13.1. The minimum atomic E-state index is -5.22. The second kappa shape index (κ2) is 3.54. The molecule has 17 heavy (non-hydrogen) atoms. The van der Waals surface area contributed by atoms with Crippen LogP contribution in [0, 0.1) is 23.2 Å². The summed E-state index contributed by atoms with van der Waals surface area (Å²) < 4.78 is 77.1. The summed E-state index contributed by atoms with van der Waals surface area (Å²) >= 11 is 0. The first-order chi connectivity index (χ1) is 7.57. The molecule has 6 heteroatoms. The van der Waals surface area contributed by atoms with Gasteiger partial charge in [0.2, 0.25) is 0 Å². The van der Waals surface area contributed by atoms with E-state index in [0.29, 0.717) is 19.8 Å². The van der Waals surface area contributed by atoms with E-state index in [2.05, 4.69) is 0 Å². The third-order valence-corrected chi connectivity index (χ3v) is 4.66. The predicted molar refractivity (Wildman–Crippen MR) is 49.2 cm³/mol. The number of hydrogen-bond acceptors (Lipinski definition) is 0. The molecular formula is C11H14F6. The molecule has 0 radical (unpaired) electrons. The molecule has 2 bridgehead atoms. The first-order valence-electron chi connectivity index (χ1n) is 5.71. The standard InChI is InChI=1S/C11H14F6/c1-9(10(12,13)14,11(15,16)17)8-5-6-2-3-7(8)4-6/h6-8H,2-5H2,1H3. The fourth-order valence-corrected chi connectivity index (χ4v) is 3.53. The van der Waals surface area contributed by atoms with Crippen LogP contribution in [-0.4, -0.2) is 12.4 Å². The smallest absolute Gasteiger partial charge is 0.170 e. The van der Waals surface area contributed by atoms with Crippen LogP contribution in [0.3, 0.4) is 0 Å². The Bertz CT molecular complexity index is 288. The van der Waals surface area contributed by atoms with Gasteiger partial charge in [-0.1, -0.05) is 6.42 Å². The molecule has 3 atom stereocenters. The molecule has 0 saturated heterocycles. The molecule has 0 heterocycles. The van der Waals surface area contributed by atoms with E-state index in [0.717, 1.165) is 6.42 Å². The maximum absolute atomic E-state index is 12.9. The Morgan fingerprint density at radius 2 is 1.35 bits per heavy atom. The topological polar surface area (TPSA) is 0 Å². The molecule has 2 aliphatic rings. The van der Waals surface area contributed by atoms with Crippen LogP contribution < -0.4 is 0 Å². The molecule has 2 rings (SSSR count). The van der Waals surface area contributed by atoms with Crippen molar-refractivity contribution >= 4 is 0 Å². The van der Waals surface area contributed by atoms with Gasteiger partial charge in [-0.25, -0.2) is 0 Å². The van der Waals surface area contributed by atoms with Crippen LogP contribution in [0.1, 0.15) is 32.6 Å². The van der Waals surface area contributed by atoms with Gasteiger partial charge in [0, 0.05) is 0 Å². The summed E-state index contributed by atoms with van der Waals surface area (Å²) in [6.07, 6.45) is -8.54. The van der Waals surface area contributed by atoms with Crippen molar-refractivity contribution in [3.8, 4) is 0 Å². The van der Waals surface area contributed by atoms with E-state index in [1.165, 1.54) is 0 Å². The molecule has 2 fully saturated rings. The van der Waals surface area contributed by atoms with Crippen molar-refractivity contribution in [1.29, 1.82) is 0 Å². The van der Waals surface area contributed by atoms with Gasteiger partial charge in [0.1, 0.15) is 0 Å². The van der Waals surface area contributed by atoms with Crippen molar-refractivity contribution in [2.75, 3.05) is 0 Å². The minimum absolute atomic E-state index is 0.0639. The highest BCUT2D eigenvalue weighted by atomic mass is 19.4. The van der Waals surface area contributed by atoms with Crippen LogP contribution in [0.4, 0.5) is 26.3 Å². The quantitative estimate of drug-likeness (QED) is 0.606. The van der Waals surface area contributed by atoms with Crippen LogP contribution in [0.2, 0.25) is 0 Å². The Hall–Kier alpha value is -0.420. The van der Waals surface area contributed by atoms with Gasteiger partial charge in [0.25, 0.3) is 0 Å². The number of alkyl halides is 6. The van der Waals surface area contributed by atoms with Crippen molar-refractivity contribution in [2.45, 2.75) is 45.0 Å². The lowest BCUT2D eigenvalue weighted by atomic mass is 9.68. The van der Waals surface area contributed by atoms with Crippen LogP contribution in [0.25, 0.3) is 0 Å². The Labute approximate surface area is 95.4 Å². The van der Waals surface area contributed by atoms with Crippen molar-refractivity contribution in [3.05, 3.63) is 0 Å². The molecule has 0 aromatic rings. The second-order valence-corrected chi connectivity index (χ2v) is 5.48. The summed E-state index contributed by atoms with van der Waals surface area (Å²) in [4.78, 5) is 0. The van der Waals surface area contributed by atoms with E-state index in [1.807, 2.05) is 0 Å². The van der Waals surface area contributed by atoms with Crippen LogP contribution in [-0.2, 0) is 0 Å². The van der Waals surface area contributed by atoms with E-state index in [4.69, 9.17) is 0 Å². The molecule has 0 nitrogen and oxygen atoms in total. The summed E-state index contributed by atoms with van der Waals surface area (Å²) in [6, 6.07) is 0. The third kappa shape index (κ3) is 1.74. The molecule has 0 spiro atoms. The molecule has 3 unspecified atom stereocenters. The molecule has 0 amide bonds. The highest BCUT2D eigenvalue weighted by Crippen LogP contribution is 2.64. The Morgan fingerprint density at radius 1 is 0.824 bits per heavy atom. The minimum Gasteiger partial charge on any atom is -0.170 e. The SMILES string of the molecule is CC(C1CC2CCC1C2)(C(F)(F)F)C(F)(F)F. The van der Waals surface area contributed by atoms with Crippen LogP contribution >= 0.6 is 0 Å². The van der Waals surface area contributed by atoms with Gasteiger partial charge < -0.3 is 0 Å². The average Bonchev–Trinajstić information content (AvgIpc) is 2.73. The summed E-state index contributed by atoms with van der Waals surface area (Å²) in [7, 11) is 0. The van der Waals surface area contributed by atoms with Crippen molar-refractivity contribution < 1.29 is 26.3 Å². The van der Waals surface area contributed by atoms with Crippen molar-refractivity contribution in [1.82, 2.24) is 0 Å². The lowest BCUT2D eigenvalue weighted by molar-refractivity contribution is -0.356. The molecule has 2 aliphatic carbocycles. The summed E-state index contributed by atoms with van der Waals surface area (Å²) in [5.74, 6) is -1.64. The number of fused-ring (bicyclic) bond motifs is 2. The van der Waals surface area contributed by atoms with Gasteiger partial charge in [-0.15, -0.1) is 0 Å². The van der Waals surface area contributed by atoms with Gasteiger partial charge in [0.15, 0.2) is 5.41 Å². The Morgan fingerprint density at radius 3 is 1.65 bits per heavy atom.